The third kappa shape index (κ3) is 3.76. The van der Waals surface area contributed by atoms with E-state index in [1.807, 2.05) is 6.07 Å². The summed E-state index contributed by atoms with van der Waals surface area (Å²) in [5, 5.41) is 4.67. The number of benzene rings is 1. The van der Waals surface area contributed by atoms with E-state index in [1.54, 1.807) is 18.5 Å². The van der Waals surface area contributed by atoms with Gasteiger partial charge < -0.3 is 25.3 Å². The first-order valence-electron chi connectivity index (χ1n) is 8.84. The molecule has 152 valence electrons. The Kier molecular flexibility index (Phi) is 5.60. The second-order valence-electron chi connectivity index (χ2n) is 6.56. The molecule has 3 heterocycles. The Morgan fingerprint density at radius 2 is 1.79 bits per heavy atom. The molecule has 10 heteroatoms. The summed E-state index contributed by atoms with van der Waals surface area (Å²) < 4.78 is 16.0. The first-order chi connectivity index (χ1) is 14.0. The third-order valence-electron chi connectivity index (χ3n) is 4.74. The van der Waals surface area contributed by atoms with Crippen molar-refractivity contribution < 1.29 is 14.2 Å². The van der Waals surface area contributed by atoms with E-state index < -0.39 is 0 Å². The zero-order valence-corrected chi connectivity index (χ0v) is 17.3. The fourth-order valence-electron chi connectivity index (χ4n) is 3.14. The maximum atomic E-state index is 6.49. The largest absolute Gasteiger partial charge is 0.495 e. The lowest BCUT2D eigenvalue weighted by atomic mass is 10.1. The molecular formula is C19H19Cl2N5O3. The number of fused-ring (bicyclic) bond motifs is 1. The van der Waals surface area contributed by atoms with Crippen molar-refractivity contribution in [1.29, 1.82) is 0 Å². The average Bonchev–Trinajstić information content (AvgIpc) is 3.13. The van der Waals surface area contributed by atoms with Crippen molar-refractivity contribution in [1.82, 2.24) is 15.0 Å². The highest BCUT2D eigenvalue weighted by Crippen LogP contribution is 2.45. The van der Waals surface area contributed by atoms with Gasteiger partial charge in [0.25, 0.3) is 0 Å². The topological polar surface area (TPSA) is 104 Å². The highest BCUT2D eigenvalue weighted by Gasteiger charge is 2.25. The lowest BCUT2D eigenvalue weighted by Crippen LogP contribution is -2.39. The number of anilines is 1. The van der Waals surface area contributed by atoms with Crippen LogP contribution in [-0.2, 0) is 4.74 Å². The van der Waals surface area contributed by atoms with Crippen molar-refractivity contribution in [3.63, 3.8) is 0 Å². The van der Waals surface area contributed by atoms with Gasteiger partial charge in [-0.1, -0.05) is 23.2 Å². The van der Waals surface area contributed by atoms with Crippen LogP contribution in [0.5, 0.6) is 11.5 Å². The van der Waals surface area contributed by atoms with E-state index in [2.05, 4.69) is 20.3 Å². The lowest BCUT2D eigenvalue weighted by molar-refractivity contribution is 0.192. The van der Waals surface area contributed by atoms with E-state index in [-0.39, 0.29) is 12.1 Å². The van der Waals surface area contributed by atoms with Crippen LogP contribution in [0.2, 0.25) is 10.0 Å². The smallest absolute Gasteiger partial charge is 0.223 e. The number of rotatable bonds is 5. The standard InChI is InChI=1S/C19H19Cl2N5O3/c1-27-14-4-15(28-2)18(21)16(17(14)20)11-3-9-5-24-19(25-12(9)6-23-11)26-13-8-29-7-10(13)22/h3-6,10,13H,7-8,22H2,1-2H3,(H,24,25,26)/t10-,13+/m0/s1. The van der Waals surface area contributed by atoms with Crippen LogP contribution < -0.4 is 20.5 Å². The molecule has 29 heavy (non-hydrogen) atoms. The fourth-order valence-corrected chi connectivity index (χ4v) is 3.83. The summed E-state index contributed by atoms with van der Waals surface area (Å²) in [6.07, 6.45) is 3.34. The van der Waals surface area contributed by atoms with Crippen molar-refractivity contribution in [2.45, 2.75) is 12.1 Å². The first-order valence-corrected chi connectivity index (χ1v) is 9.60. The minimum atomic E-state index is -0.0953. The Morgan fingerprint density at radius 1 is 1.07 bits per heavy atom. The number of hydrogen-bond acceptors (Lipinski definition) is 8. The molecular weight excluding hydrogens is 417 g/mol. The second-order valence-corrected chi connectivity index (χ2v) is 7.31. The van der Waals surface area contributed by atoms with Crippen LogP contribution >= 0.6 is 23.2 Å². The van der Waals surface area contributed by atoms with Gasteiger partial charge in [0.2, 0.25) is 5.95 Å². The summed E-state index contributed by atoms with van der Waals surface area (Å²) in [5.41, 5.74) is 7.74. The summed E-state index contributed by atoms with van der Waals surface area (Å²) in [6.45, 7) is 1.04. The molecule has 0 spiro atoms. The molecule has 1 aliphatic heterocycles. The number of pyridine rings is 1. The van der Waals surface area contributed by atoms with Gasteiger partial charge in [0.1, 0.15) is 11.5 Å². The van der Waals surface area contributed by atoms with Crippen molar-refractivity contribution in [2.75, 3.05) is 32.8 Å². The number of halogens is 2. The van der Waals surface area contributed by atoms with Gasteiger partial charge in [-0.15, -0.1) is 0 Å². The molecule has 0 radical (unpaired) electrons. The molecule has 0 aliphatic carbocycles. The predicted molar refractivity (Wildman–Crippen MR) is 112 cm³/mol. The zero-order valence-electron chi connectivity index (χ0n) is 15.8. The average molecular weight is 436 g/mol. The Bertz CT molecular complexity index is 1040. The Balaban J connectivity index is 1.72. The predicted octanol–water partition coefficient (Wildman–Crippen LogP) is 3.15. The minimum absolute atomic E-state index is 0.0263. The van der Waals surface area contributed by atoms with Crippen LogP contribution in [0.15, 0.2) is 24.5 Å². The third-order valence-corrected chi connectivity index (χ3v) is 5.49. The Labute approximate surface area is 177 Å². The zero-order chi connectivity index (χ0) is 20.5. The van der Waals surface area contributed by atoms with Crippen LogP contribution in [0.3, 0.4) is 0 Å². The van der Waals surface area contributed by atoms with Gasteiger partial charge in [0, 0.05) is 23.2 Å². The molecule has 0 amide bonds. The molecule has 1 saturated heterocycles. The number of nitrogens with zero attached hydrogens (tertiary/aromatic N) is 3. The highest BCUT2D eigenvalue weighted by atomic mass is 35.5. The monoisotopic (exact) mass is 435 g/mol. The first kappa shape index (κ1) is 19.9. The molecule has 0 bridgehead atoms. The summed E-state index contributed by atoms with van der Waals surface area (Å²) in [6, 6.07) is 3.33. The highest BCUT2D eigenvalue weighted by molar-refractivity contribution is 6.41. The van der Waals surface area contributed by atoms with Gasteiger partial charge in [-0.25, -0.2) is 9.97 Å². The number of ether oxygens (including phenoxy) is 3. The van der Waals surface area contributed by atoms with Crippen LogP contribution in [0.25, 0.3) is 22.2 Å². The van der Waals surface area contributed by atoms with Gasteiger partial charge in [-0.3, -0.25) is 4.98 Å². The van der Waals surface area contributed by atoms with Crippen LogP contribution in [0.1, 0.15) is 0 Å². The molecule has 4 rings (SSSR count). The van der Waals surface area contributed by atoms with E-state index >= 15 is 0 Å². The maximum absolute atomic E-state index is 6.49. The maximum Gasteiger partial charge on any atom is 0.223 e. The van der Waals surface area contributed by atoms with Crippen LogP contribution in [-0.4, -0.2) is 54.5 Å². The second kappa shape index (κ2) is 8.16. The molecule has 1 aromatic carbocycles. The summed E-state index contributed by atoms with van der Waals surface area (Å²) in [4.78, 5) is 13.4. The SMILES string of the molecule is COc1cc(OC)c(Cl)c(-c2cc3cnc(N[C@@H]4COC[C@@H]4N)nc3cn2)c1Cl. The minimum Gasteiger partial charge on any atom is -0.495 e. The van der Waals surface area contributed by atoms with Gasteiger partial charge in [-0.05, 0) is 6.07 Å². The van der Waals surface area contributed by atoms with E-state index in [9.17, 15) is 0 Å². The number of hydrogen-bond donors (Lipinski definition) is 2. The van der Waals surface area contributed by atoms with Gasteiger partial charge in [0.15, 0.2) is 0 Å². The lowest BCUT2D eigenvalue weighted by Gasteiger charge is -2.16. The summed E-state index contributed by atoms with van der Waals surface area (Å²) in [7, 11) is 3.05. The van der Waals surface area contributed by atoms with E-state index in [0.29, 0.717) is 57.5 Å². The van der Waals surface area contributed by atoms with E-state index in [1.165, 1.54) is 14.2 Å². The molecule has 3 N–H and O–H groups in total. The van der Waals surface area contributed by atoms with Gasteiger partial charge in [-0.2, -0.15) is 0 Å². The fraction of sp³-hybridized carbons (Fsp3) is 0.316. The van der Waals surface area contributed by atoms with Crippen LogP contribution in [0, 0.1) is 0 Å². The molecule has 2 aromatic heterocycles. The number of aromatic nitrogens is 3. The number of methoxy groups -OCH3 is 2. The molecule has 0 unspecified atom stereocenters. The Morgan fingerprint density at radius 3 is 2.41 bits per heavy atom. The van der Waals surface area contributed by atoms with Crippen LogP contribution in [0.4, 0.5) is 5.95 Å². The number of nitrogens with one attached hydrogen (secondary N) is 1. The van der Waals surface area contributed by atoms with Crippen molar-refractivity contribution in [2.24, 2.45) is 5.73 Å². The Hall–Kier alpha value is -2.39. The quantitative estimate of drug-likeness (QED) is 0.629. The molecule has 1 fully saturated rings. The summed E-state index contributed by atoms with van der Waals surface area (Å²) >= 11 is 13.0. The molecule has 8 nitrogen and oxygen atoms in total. The van der Waals surface area contributed by atoms with E-state index in [4.69, 9.17) is 43.1 Å². The molecule has 0 saturated carbocycles. The van der Waals surface area contributed by atoms with Gasteiger partial charge in [0.05, 0.1) is 67.0 Å². The normalized spacial score (nSPS) is 18.8. The van der Waals surface area contributed by atoms with E-state index in [0.717, 1.165) is 5.39 Å². The molecule has 3 aromatic rings. The van der Waals surface area contributed by atoms with Crippen molar-refractivity contribution in [3.8, 4) is 22.8 Å². The molecule has 1 aliphatic rings. The van der Waals surface area contributed by atoms with Crippen molar-refractivity contribution >= 4 is 40.1 Å². The molecule has 2 atom stereocenters. The number of nitrogens with two attached hydrogens (primary N) is 1. The van der Waals surface area contributed by atoms with Crippen molar-refractivity contribution in [3.05, 3.63) is 34.6 Å². The van der Waals surface area contributed by atoms with Gasteiger partial charge >= 0.3 is 0 Å². The summed E-state index contributed by atoms with van der Waals surface area (Å²) in [5.74, 6) is 1.35.